The Morgan fingerprint density at radius 2 is 1.87 bits per heavy atom. The van der Waals surface area contributed by atoms with Crippen molar-refractivity contribution in [2.45, 2.75) is 18.9 Å². The van der Waals surface area contributed by atoms with Gasteiger partial charge in [-0.2, -0.15) is 5.10 Å². The predicted octanol–water partition coefficient (Wildman–Crippen LogP) is 1.63. The normalized spacial score (nSPS) is 14.4. The maximum absolute atomic E-state index is 11.4. The number of carbonyl (C=O) groups is 3. The first kappa shape index (κ1) is 20.9. The van der Waals surface area contributed by atoms with Gasteiger partial charge in [0, 0.05) is 18.2 Å². The summed E-state index contributed by atoms with van der Waals surface area (Å²) in [5, 5.41) is 12.7. The molecule has 3 aromatic rings. The van der Waals surface area contributed by atoms with Crippen molar-refractivity contribution in [2.24, 2.45) is 5.73 Å². The minimum absolute atomic E-state index is 0.0231. The third kappa shape index (κ3) is 4.13. The number of fused-ring (bicyclic) bond motifs is 2. The molecule has 0 amide bonds. The quantitative estimate of drug-likeness (QED) is 0.613. The second-order valence-electron chi connectivity index (χ2n) is 6.47. The minimum atomic E-state index is -1.21. The number of carbonyl (C=O) groups excluding carboxylic acids is 2. The molecule has 0 saturated heterocycles. The van der Waals surface area contributed by atoms with Crippen LogP contribution in [0.4, 0.5) is 0 Å². The Labute approximate surface area is 171 Å². The standard InChI is InChI=1S/C11H13NO2.C9H7N3O4/c1-14-11(13)8-2-4-9-7(6-8)3-5-10(9)12;1-16-9(15)6-4-5(8(13)14)11-7-2-3-10-12(6)7/h2,4,6,10H,3,5,12H2,1H3;2-4H,1H3,(H,13,14)/t10-;/m0./s1. The molecule has 30 heavy (non-hydrogen) atoms. The van der Waals surface area contributed by atoms with Crippen molar-refractivity contribution in [1.29, 1.82) is 0 Å². The Morgan fingerprint density at radius 1 is 1.13 bits per heavy atom. The third-order valence-electron chi connectivity index (χ3n) is 4.66. The highest BCUT2D eigenvalue weighted by atomic mass is 16.5. The molecule has 0 bridgehead atoms. The van der Waals surface area contributed by atoms with Crippen LogP contribution in [0, 0.1) is 0 Å². The van der Waals surface area contributed by atoms with E-state index in [1.165, 1.54) is 36.6 Å². The summed E-state index contributed by atoms with van der Waals surface area (Å²) >= 11 is 0. The Balaban J connectivity index is 0.000000172. The van der Waals surface area contributed by atoms with Crippen molar-refractivity contribution >= 4 is 23.6 Å². The average Bonchev–Trinajstić information content (AvgIpc) is 3.38. The number of hydrogen-bond acceptors (Lipinski definition) is 8. The molecule has 0 fully saturated rings. The lowest BCUT2D eigenvalue weighted by atomic mass is 10.1. The van der Waals surface area contributed by atoms with E-state index in [-0.39, 0.29) is 29.0 Å². The Morgan fingerprint density at radius 3 is 2.53 bits per heavy atom. The lowest BCUT2D eigenvalue weighted by molar-refractivity contribution is 0.0585. The Hall–Kier alpha value is -3.79. The van der Waals surface area contributed by atoms with Crippen molar-refractivity contribution in [3.63, 3.8) is 0 Å². The smallest absolute Gasteiger partial charge is 0.356 e. The van der Waals surface area contributed by atoms with Crippen molar-refractivity contribution < 1.29 is 29.0 Å². The number of methoxy groups -OCH3 is 2. The van der Waals surface area contributed by atoms with Crippen LogP contribution >= 0.6 is 0 Å². The number of aromatic nitrogens is 3. The number of ether oxygens (including phenoxy) is 2. The molecule has 0 saturated carbocycles. The van der Waals surface area contributed by atoms with Gasteiger partial charge in [-0.05, 0) is 36.1 Å². The zero-order chi connectivity index (χ0) is 21.8. The first-order chi connectivity index (χ1) is 14.3. The van der Waals surface area contributed by atoms with Crippen LogP contribution in [-0.2, 0) is 15.9 Å². The number of carboxylic acid groups (broad SMARTS) is 1. The fraction of sp³-hybridized carbons (Fsp3) is 0.250. The van der Waals surface area contributed by atoms with E-state index in [1.54, 1.807) is 6.07 Å². The van der Waals surface area contributed by atoms with Crippen LogP contribution in [0.25, 0.3) is 5.65 Å². The van der Waals surface area contributed by atoms with Crippen molar-refractivity contribution in [1.82, 2.24) is 14.6 Å². The summed E-state index contributed by atoms with van der Waals surface area (Å²) < 4.78 is 10.4. The second-order valence-corrected chi connectivity index (χ2v) is 6.47. The van der Waals surface area contributed by atoms with E-state index in [1.807, 2.05) is 12.1 Å². The summed E-state index contributed by atoms with van der Waals surface area (Å²) in [7, 11) is 2.60. The summed E-state index contributed by atoms with van der Waals surface area (Å²) in [5.74, 6) is -2.17. The number of aryl methyl sites for hydroxylation is 1. The van der Waals surface area contributed by atoms with E-state index in [0.29, 0.717) is 5.56 Å². The molecule has 0 radical (unpaired) electrons. The van der Waals surface area contributed by atoms with Gasteiger partial charge in [-0.15, -0.1) is 0 Å². The zero-order valence-corrected chi connectivity index (χ0v) is 16.4. The summed E-state index contributed by atoms with van der Waals surface area (Å²) in [6.45, 7) is 0. The fourth-order valence-corrected chi connectivity index (χ4v) is 3.17. The van der Waals surface area contributed by atoms with E-state index in [4.69, 9.17) is 10.8 Å². The largest absolute Gasteiger partial charge is 0.477 e. The Kier molecular flexibility index (Phi) is 6.07. The van der Waals surface area contributed by atoms with Gasteiger partial charge in [0.1, 0.15) is 0 Å². The maximum atomic E-state index is 11.4. The van der Waals surface area contributed by atoms with Crippen molar-refractivity contribution in [2.75, 3.05) is 14.2 Å². The van der Waals surface area contributed by atoms with E-state index in [0.717, 1.165) is 24.5 Å². The third-order valence-corrected chi connectivity index (χ3v) is 4.66. The minimum Gasteiger partial charge on any atom is -0.477 e. The van der Waals surface area contributed by atoms with Crippen LogP contribution in [0.2, 0.25) is 0 Å². The van der Waals surface area contributed by atoms with Crippen LogP contribution in [0.1, 0.15) is 54.9 Å². The first-order valence-electron chi connectivity index (χ1n) is 8.98. The average molecular weight is 412 g/mol. The molecular weight excluding hydrogens is 392 g/mol. The molecule has 1 aromatic carbocycles. The van der Waals surface area contributed by atoms with Crippen LogP contribution in [0.3, 0.4) is 0 Å². The number of nitrogens with two attached hydrogens (primary N) is 1. The summed E-state index contributed by atoms with van der Waals surface area (Å²) in [6.07, 6.45) is 3.35. The van der Waals surface area contributed by atoms with Crippen LogP contribution in [0.5, 0.6) is 0 Å². The number of aromatic carboxylic acids is 1. The van der Waals surface area contributed by atoms with E-state index in [2.05, 4.69) is 19.6 Å². The number of carboxylic acids is 1. The van der Waals surface area contributed by atoms with Crippen LogP contribution < -0.4 is 5.73 Å². The predicted molar refractivity (Wildman–Crippen MR) is 104 cm³/mol. The lowest BCUT2D eigenvalue weighted by Crippen LogP contribution is -2.13. The molecule has 1 atom stereocenters. The zero-order valence-electron chi connectivity index (χ0n) is 16.4. The molecule has 2 aromatic heterocycles. The molecule has 0 unspecified atom stereocenters. The molecule has 3 N–H and O–H groups in total. The fourth-order valence-electron chi connectivity index (χ4n) is 3.17. The molecule has 10 heteroatoms. The number of benzene rings is 1. The van der Waals surface area contributed by atoms with Gasteiger partial charge in [-0.3, -0.25) is 0 Å². The number of rotatable bonds is 3. The van der Waals surface area contributed by atoms with Gasteiger partial charge < -0.3 is 20.3 Å². The number of nitrogens with zero attached hydrogens (tertiary/aromatic N) is 3. The molecular formula is C20H20N4O6. The number of esters is 2. The molecule has 0 spiro atoms. The summed E-state index contributed by atoms with van der Waals surface area (Å²) in [6, 6.07) is 8.34. The van der Waals surface area contributed by atoms with Gasteiger partial charge in [0.05, 0.1) is 26.0 Å². The van der Waals surface area contributed by atoms with Gasteiger partial charge in [-0.1, -0.05) is 6.07 Å². The molecule has 2 heterocycles. The summed E-state index contributed by atoms with van der Waals surface area (Å²) in [5.41, 5.74) is 8.92. The number of hydrogen-bond donors (Lipinski definition) is 2. The van der Waals surface area contributed by atoms with Crippen molar-refractivity contribution in [3.05, 3.63) is 64.6 Å². The maximum Gasteiger partial charge on any atom is 0.356 e. The Bertz CT molecular complexity index is 1120. The van der Waals surface area contributed by atoms with Gasteiger partial charge in [0.2, 0.25) is 0 Å². The van der Waals surface area contributed by atoms with Gasteiger partial charge in [0.15, 0.2) is 17.0 Å². The van der Waals surface area contributed by atoms with Gasteiger partial charge >= 0.3 is 17.9 Å². The SMILES string of the molecule is COC(=O)c1cc(C(=O)O)nc2ccnn12.COC(=O)c1ccc2c(c1)CC[C@@H]2N. The van der Waals surface area contributed by atoms with Gasteiger partial charge in [-0.25, -0.2) is 23.9 Å². The highest BCUT2D eigenvalue weighted by Gasteiger charge is 2.20. The topological polar surface area (TPSA) is 146 Å². The monoisotopic (exact) mass is 412 g/mol. The van der Waals surface area contributed by atoms with Crippen LogP contribution in [-0.4, -0.2) is 51.8 Å². The molecule has 0 aliphatic heterocycles. The van der Waals surface area contributed by atoms with E-state index >= 15 is 0 Å². The molecule has 4 rings (SSSR count). The van der Waals surface area contributed by atoms with Gasteiger partial charge in [0.25, 0.3) is 0 Å². The highest BCUT2D eigenvalue weighted by Crippen LogP contribution is 2.29. The first-order valence-corrected chi connectivity index (χ1v) is 8.98. The molecule has 1 aliphatic rings. The van der Waals surface area contributed by atoms with Crippen LogP contribution in [0.15, 0.2) is 36.5 Å². The van der Waals surface area contributed by atoms with Crippen molar-refractivity contribution in [3.8, 4) is 0 Å². The summed E-state index contributed by atoms with van der Waals surface area (Å²) in [4.78, 5) is 37.2. The molecule has 156 valence electrons. The van der Waals surface area contributed by atoms with E-state index in [9.17, 15) is 14.4 Å². The van der Waals surface area contributed by atoms with E-state index < -0.39 is 11.9 Å². The molecule has 1 aliphatic carbocycles. The lowest BCUT2D eigenvalue weighted by Gasteiger charge is -2.05. The second kappa shape index (κ2) is 8.70. The highest BCUT2D eigenvalue weighted by molar-refractivity contribution is 5.93. The molecule has 10 nitrogen and oxygen atoms in total.